The third-order valence-corrected chi connectivity index (χ3v) is 1.48. The Labute approximate surface area is 75.6 Å². The monoisotopic (exact) mass is 179 g/mol. The zero-order valence-electron chi connectivity index (χ0n) is 7.14. The van der Waals surface area contributed by atoms with Crippen LogP contribution in [-0.2, 0) is 0 Å². The van der Waals surface area contributed by atoms with Crippen LogP contribution < -0.4 is 4.74 Å². The van der Waals surface area contributed by atoms with E-state index in [1.165, 1.54) is 6.08 Å². The first-order chi connectivity index (χ1) is 6.22. The molecule has 0 spiro atoms. The van der Waals surface area contributed by atoms with Gasteiger partial charge in [0.2, 0.25) is 6.20 Å². The molecular weight excluding hydrogens is 170 g/mol. The number of hydrogen-bond donors (Lipinski definition) is 0. The van der Waals surface area contributed by atoms with Crippen molar-refractivity contribution in [3.05, 3.63) is 46.1 Å². The SMILES string of the molecule is COc1cccc(/C=C\[N+](=O)[O-])c1. The first kappa shape index (κ1) is 9.25. The molecule has 0 saturated heterocycles. The Morgan fingerprint density at radius 1 is 1.54 bits per heavy atom. The first-order valence-corrected chi connectivity index (χ1v) is 3.68. The maximum Gasteiger partial charge on any atom is 0.235 e. The van der Waals surface area contributed by atoms with E-state index >= 15 is 0 Å². The number of nitro groups is 1. The summed E-state index contributed by atoms with van der Waals surface area (Å²) in [5.41, 5.74) is 0.746. The zero-order chi connectivity index (χ0) is 9.68. The molecule has 4 heteroatoms. The molecule has 0 amide bonds. The van der Waals surface area contributed by atoms with Gasteiger partial charge in [0.15, 0.2) is 0 Å². The van der Waals surface area contributed by atoms with Crippen molar-refractivity contribution >= 4 is 6.08 Å². The van der Waals surface area contributed by atoms with Crippen LogP contribution in [0, 0.1) is 10.1 Å². The molecule has 1 aromatic carbocycles. The number of ether oxygens (including phenoxy) is 1. The summed E-state index contributed by atoms with van der Waals surface area (Å²) in [6.07, 6.45) is 2.32. The van der Waals surface area contributed by atoms with Crippen molar-refractivity contribution in [3.63, 3.8) is 0 Å². The van der Waals surface area contributed by atoms with Crippen LogP contribution in [0.15, 0.2) is 30.5 Å². The maximum absolute atomic E-state index is 10.0. The molecule has 0 atom stereocenters. The summed E-state index contributed by atoms with van der Waals surface area (Å²) in [5.74, 6) is 0.686. The minimum atomic E-state index is -0.501. The van der Waals surface area contributed by atoms with Gasteiger partial charge in [-0.25, -0.2) is 0 Å². The second-order valence-electron chi connectivity index (χ2n) is 2.38. The van der Waals surface area contributed by atoms with Crippen LogP contribution in [0.25, 0.3) is 6.08 Å². The molecule has 0 aliphatic carbocycles. The second-order valence-corrected chi connectivity index (χ2v) is 2.38. The van der Waals surface area contributed by atoms with Crippen LogP contribution in [0.2, 0.25) is 0 Å². The molecule has 0 fully saturated rings. The second kappa shape index (κ2) is 4.25. The summed E-state index contributed by atoms with van der Waals surface area (Å²) in [7, 11) is 1.55. The summed E-state index contributed by atoms with van der Waals surface area (Å²) in [6.45, 7) is 0. The van der Waals surface area contributed by atoms with Gasteiger partial charge in [-0.05, 0) is 17.7 Å². The molecule has 0 aliphatic heterocycles. The van der Waals surface area contributed by atoms with Gasteiger partial charge >= 0.3 is 0 Å². The quantitative estimate of drug-likeness (QED) is 0.526. The highest BCUT2D eigenvalue weighted by molar-refractivity contribution is 5.50. The number of nitrogens with zero attached hydrogens (tertiary/aromatic N) is 1. The lowest BCUT2D eigenvalue weighted by Crippen LogP contribution is -1.84. The molecular formula is C9H9NO3. The Morgan fingerprint density at radius 2 is 2.31 bits per heavy atom. The molecule has 0 unspecified atom stereocenters. The Kier molecular flexibility index (Phi) is 3.03. The minimum Gasteiger partial charge on any atom is -0.497 e. The first-order valence-electron chi connectivity index (χ1n) is 3.68. The Hall–Kier alpha value is -1.84. The molecule has 13 heavy (non-hydrogen) atoms. The lowest BCUT2D eigenvalue weighted by Gasteiger charge is -1.98. The highest BCUT2D eigenvalue weighted by Gasteiger charge is 1.93. The molecule has 0 radical (unpaired) electrons. The van der Waals surface area contributed by atoms with Crippen LogP contribution in [0.1, 0.15) is 5.56 Å². The number of benzene rings is 1. The average Bonchev–Trinajstić information content (AvgIpc) is 2.15. The Balaban J connectivity index is 2.83. The van der Waals surface area contributed by atoms with Crippen molar-refractivity contribution in [1.82, 2.24) is 0 Å². The Morgan fingerprint density at radius 3 is 2.92 bits per heavy atom. The zero-order valence-corrected chi connectivity index (χ0v) is 7.14. The summed E-state index contributed by atoms with van der Waals surface area (Å²) in [4.78, 5) is 9.51. The van der Waals surface area contributed by atoms with Gasteiger partial charge < -0.3 is 4.74 Å². The fraction of sp³-hybridized carbons (Fsp3) is 0.111. The van der Waals surface area contributed by atoms with E-state index in [1.54, 1.807) is 31.4 Å². The molecule has 0 N–H and O–H groups in total. The van der Waals surface area contributed by atoms with Gasteiger partial charge in [0.1, 0.15) is 5.75 Å². The third-order valence-electron chi connectivity index (χ3n) is 1.48. The summed E-state index contributed by atoms with van der Waals surface area (Å²) in [6, 6.07) is 7.05. The topological polar surface area (TPSA) is 52.4 Å². The summed E-state index contributed by atoms with van der Waals surface area (Å²) in [5, 5.41) is 10.0. The van der Waals surface area contributed by atoms with E-state index in [1.807, 2.05) is 0 Å². The predicted octanol–water partition coefficient (Wildman–Crippen LogP) is 1.94. The highest BCUT2D eigenvalue weighted by Crippen LogP contribution is 2.13. The molecule has 0 heterocycles. The largest absolute Gasteiger partial charge is 0.497 e. The average molecular weight is 179 g/mol. The molecule has 4 nitrogen and oxygen atoms in total. The standard InChI is InChI=1S/C9H9NO3/c1-13-9-4-2-3-8(7-9)5-6-10(11)12/h2-7H,1H3/b6-5-. The van der Waals surface area contributed by atoms with Gasteiger partial charge in [0.25, 0.3) is 0 Å². The van der Waals surface area contributed by atoms with Crippen molar-refractivity contribution in [2.45, 2.75) is 0 Å². The molecule has 1 aromatic rings. The molecule has 0 aliphatic rings. The number of hydrogen-bond acceptors (Lipinski definition) is 3. The van der Waals surface area contributed by atoms with Crippen LogP contribution in [0.5, 0.6) is 5.75 Å². The van der Waals surface area contributed by atoms with Gasteiger partial charge in [0.05, 0.1) is 12.0 Å². The molecule has 68 valence electrons. The van der Waals surface area contributed by atoms with Crippen LogP contribution >= 0.6 is 0 Å². The maximum atomic E-state index is 10.0. The van der Waals surface area contributed by atoms with Crippen molar-refractivity contribution < 1.29 is 9.66 Å². The molecule has 0 saturated carbocycles. The summed E-state index contributed by atoms with van der Waals surface area (Å²) < 4.78 is 4.96. The Bertz CT molecular complexity index is 333. The lowest BCUT2D eigenvalue weighted by atomic mass is 10.2. The molecule has 1 rings (SSSR count). The van der Waals surface area contributed by atoms with E-state index in [4.69, 9.17) is 4.74 Å². The summed E-state index contributed by atoms with van der Waals surface area (Å²) >= 11 is 0. The van der Waals surface area contributed by atoms with Crippen LogP contribution in [0.3, 0.4) is 0 Å². The lowest BCUT2D eigenvalue weighted by molar-refractivity contribution is -0.400. The van der Waals surface area contributed by atoms with E-state index in [9.17, 15) is 10.1 Å². The van der Waals surface area contributed by atoms with Crippen molar-refractivity contribution in [3.8, 4) is 5.75 Å². The smallest absolute Gasteiger partial charge is 0.235 e. The van der Waals surface area contributed by atoms with Gasteiger partial charge in [0, 0.05) is 6.08 Å². The van der Waals surface area contributed by atoms with E-state index < -0.39 is 4.92 Å². The van der Waals surface area contributed by atoms with Crippen molar-refractivity contribution in [1.29, 1.82) is 0 Å². The van der Waals surface area contributed by atoms with Crippen molar-refractivity contribution in [2.75, 3.05) is 7.11 Å². The van der Waals surface area contributed by atoms with E-state index in [0.717, 1.165) is 11.8 Å². The van der Waals surface area contributed by atoms with Crippen LogP contribution in [0.4, 0.5) is 0 Å². The van der Waals surface area contributed by atoms with Gasteiger partial charge in [-0.15, -0.1) is 0 Å². The highest BCUT2D eigenvalue weighted by atomic mass is 16.6. The predicted molar refractivity (Wildman–Crippen MR) is 49.0 cm³/mol. The fourth-order valence-electron chi connectivity index (χ4n) is 0.892. The van der Waals surface area contributed by atoms with Gasteiger partial charge in [-0.3, -0.25) is 10.1 Å². The molecule has 0 aromatic heterocycles. The van der Waals surface area contributed by atoms with E-state index in [-0.39, 0.29) is 0 Å². The van der Waals surface area contributed by atoms with Gasteiger partial charge in [-0.1, -0.05) is 12.1 Å². The number of rotatable bonds is 3. The minimum absolute atomic E-state index is 0.501. The normalized spacial score (nSPS) is 10.2. The van der Waals surface area contributed by atoms with E-state index in [0.29, 0.717) is 5.75 Å². The number of methoxy groups -OCH3 is 1. The van der Waals surface area contributed by atoms with Crippen LogP contribution in [-0.4, -0.2) is 12.0 Å². The van der Waals surface area contributed by atoms with Gasteiger partial charge in [-0.2, -0.15) is 0 Å². The van der Waals surface area contributed by atoms with Crippen molar-refractivity contribution in [2.24, 2.45) is 0 Å². The fourth-order valence-corrected chi connectivity index (χ4v) is 0.892. The van der Waals surface area contributed by atoms with E-state index in [2.05, 4.69) is 0 Å². The third kappa shape index (κ3) is 2.94. The molecule has 0 bridgehead atoms.